The van der Waals surface area contributed by atoms with Crippen molar-refractivity contribution in [2.75, 3.05) is 33.2 Å². The average molecular weight is 419 g/mol. The molecule has 1 spiro atoms. The highest BCUT2D eigenvalue weighted by Crippen LogP contribution is 2.38. The van der Waals surface area contributed by atoms with Crippen LogP contribution in [0.25, 0.3) is 17.2 Å². The van der Waals surface area contributed by atoms with E-state index in [4.69, 9.17) is 4.74 Å². The van der Waals surface area contributed by atoms with Gasteiger partial charge in [-0.1, -0.05) is 55.8 Å². The highest BCUT2D eigenvalue weighted by atomic mass is 16.5. The summed E-state index contributed by atoms with van der Waals surface area (Å²) in [5, 5.41) is 0. The number of carbonyl (C=O) groups excluding carboxylic acids is 1. The lowest BCUT2D eigenvalue weighted by molar-refractivity contribution is -0.134. The Hall–Kier alpha value is -2.59. The Morgan fingerprint density at radius 2 is 1.84 bits per heavy atom. The van der Waals surface area contributed by atoms with Crippen LogP contribution in [-0.2, 0) is 4.79 Å². The molecule has 0 unspecified atom stereocenters. The number of amides is 1. The van der Waals surface area contributed by atoms with Crippen LogP contribution in [0.2, 0.25) is 0 Å². The second-order valence-electron chi connectivity index (χ2n) is 8.91. The number of carbonyl (C=O) groups is 1. The van der Waals surface area contributed by atoms with E-state index in [1.165, 1.54) is 24.0 Å². The van der Waals surface area contributed by atoms with Crippen LogP contribution in [0.5, 0.6) is 5.75 Å². The van der Waals surface area contributed by atoms with Crippen LogP contribution >= 0.6 is 0 Å². The third kappa shape index (κ3) is 5.19. The largest absolute Gasteiger partial charge is 0.482 e. The molecular formula is C27H34N2O2. The lowest BCUT2D eigenvalue weighted by Crippen LogP contribution is -2.49. The van der Waals surface area contributed by atoms with E-state index < -0.39 is 0 Å². The van der Waals surface area contributed by atoms with Crippen LogP contribution in [-0.4, -0.2) is 54.5 Å². The molecule has 1 amide bonds. The molecule has 31 heavy (non-hydrogen) atoms. The van der Waals surface area contributed by atoms with E-state index in [-0.39, 0.29) is 11.5 Å². The number of benzene rings is 2. The van der Waals surface area contributed by atoms with Gasteiger partial charge in [-0.15, -0.1) is 0 Å². The average Bonchev–Trinajstić information content (AvgIpc) is 2.82. The first-order valence-corrected chi connectivity index (χ1v) is 11.6. The number of fused-ring (bicyclic) bond motifs is 1. The molecule has 0 N–H and O–H groups in total. The zero-order chi connectivity index (χ0) is 21.7. The summed E-state index contributed by atoms with van der Waals surface area (Å²) in [6.45, 7) is 5.63. The second-order valence-corrected chi connectivity index (χ2v) is 8.91. The van der Waals surface area contributed by atoms with Gasteiger partial charge in [0.25, 0.3) is 0 Å². The molecule has 0 atom stereocenters. The lowest BCUT2D eigenvalue weighted by atomic mass is 9.87. The van der Waals surface area contributed by atoms with E-state index in [0.717, 1.165) is 50.3 Å². The Bertz CT molecular complexity index is 914. The van der Waals surface area contributed by atoms with E-state index in [1.807, 2.05) is 11.0 Å². The first-order chi connectivity index (χ1) is 15.1. The maximum Gasteiger partial charge on any atom is 0.223 e. The van der Waals surface area contributed by atoms with Gasteiger partial charge in [0.1, 0.15) is 11.4 Å². The number of rotatable bonds is 7. The summed E-state index contributed by atoms with van der Waals surface area (Å²) in [5.74, 6) is 1.21. The molecule has 1 fully saturated rings. The molecule has 2 heterocycles. The summed E-state index contributed by atoms with van der Waals surface area (Å²) in [6.07, 6.45) is 9.10. The number of unbranched alkanes of at least 4 members (excludes halogenated alkanes) is 1. The molecule has 0 bridgehead atoms. The standard InChI is InChI=1S/C27H34N2O2/c1-3-4-17-28(2)18-13-26(30)29-19-15-27(16-20-29)14-12-24-21-23(10-11-25(24)31-27)22-8-6-5-7-9-22/h5-12,14,21H,3-4,13,15-20H2,1-2H3. The van der Waals surface area contributed by atoms with Gasteiger partial charge in [-0.2, -0.15) is 0 Å². The van der Waals surface area contributed by atoms with Crippen LogP contribution in [0.1, 0.15) is 44.6 Å². The van der Waals surface area contributed by atoms with Crippen molar-refractivity contribution in [1.82, 2.24) is 9.80 Å². The summed E-state index contributed by atoms with van der Waals surface area (Å²) in [4.78, 5) is 16.9. The van der Waals surface area contributed by atoms with Crippen LogP contribution < -0.4 is 4.74 Å². The minimum Gasteiger partial charge on any atom is -0.482 e. The zero-order valence-corrected chi connectivity index (χ0v) is 18.8. The number of ether oxygens (including phenoxy) is 1. The van der Waals surface area contributed by atoms with Gasteiger partial charge in [-0.3, -0.25) is 4.79 Å². The summed E-state index contributed by atoms with van der Waals surface area (Å²) < 4.78 is 6.49. The van der Waals surface area contributed by atoms with Gasteiger partial charge >= 0.3 is 0 Å². The molecule has 0 radical (unpaired) electrons. The van der Waals surface area contributed by atoms with Crippen molar-refractivity contribution in [3.05, 3.63) is 60.2 Å². The quantitative estimate of drug-likeness (QED) is 0.616. The van der Waals surface area contributed by atoms with Gasteiger partial charge < -0.3 is 14.5 Å². The molecule has 2 aromatic rings. The maximum atomic E-state index is 12.7. The molecular weight excluding hydrogens is 384 g/mol. The normalized spacial score (nSPS) is 16.9. The Balaban J connectivity index is 1.33. The van der Waals surface area contributed by atoms with Crippen molar-refractivity contribution >= 4 is 12.0 Å². The van der Waals surface area contributed by atoms with E-state index >= 15 is 0 Å². The molecule has 2 aromatic carbocycles. The summed E-state index contributed by atoms with van der Waals surface area (Å²) in [6, 6.07) is 16.8. The van der Waals surface area contributed by atoms with Gasteiger partial charge in [0.2, 0.25) is 5.91 Å². The number of hydrogen-bond donors (Lipinski definition) is 0. The molecule has 4 nitrogen and oxygen atoms in total. The van der Waals surface area contributed by atoms with Gasteiger partial charge in [0.05, 0.1) is 0 Å². The molecule has 0 aromatic heterocycles. The Labute approximate surface area is 186 Å². The van der Waals surface area contributed by atoms with E-state index in [0.29, 0.717) is 6.42 Å². The molecule has 4 heteroatoms. The smallest absolute Gasteiger partial charge is 0.223 e. The topological polar surface area (TPSA) is 32.8 Å². The minimum atomic E-state index is -0.282. The van der Waals surface area contributed by atoms with Crippen LogP contribution in [0, 0.1) is 0 Å². The molecule has 0 aliphatic carbocycles. The third-order valence-electron chi connectivity index (χ3n) is 6.56. The van der Waals surface area contributed by atoms with Crippen molar-refractivity contribution in [2.45, 2.75) is 44.6 Å². The van der Waals surface area contributed by atoms with Crippen molar-refractivity contribution in [1.29, 1.82) is 0 Å². The predicted molar refractivity (Wildman–Crippen MR) is 127 cm³/mol. The van der Waals surface area contributed by atoms with Crippen molar-refractivity contribution in [3.63, 3.8) is 0 Å². The number of hydrogen-bond acceptors (Lipinski definition) is 3. The van der Waals surface area contributed by atoms with Crippen molar-refractivity contribution in [3.8, 4) is 16.9 Å². The zero-order valence-electron chi connectivity index (χ0n) is 18.8. The SMILES string of the molecule is CCCCN(C)CCC(=O)N1CCC2(C=Cc3cc(-c4ccccc4)ccc3O2)CC1. The molecule has 164 valence electrons. The van der Waals surface area contributed by atoms with Crippen LogP contribution in [0.15, 0.2) is 54.6 Å². The van der Waals surface area contributed by atoms with Crippen molar-refractivity contribution < 1.29 is 9.53 Å². The van der Waals surface area contributed by atoms with Crippen LogP contribution in [0.4, 0.5) is 0 Å². The van der Waals surface area contributed by atoms with Crippen molar-refractivity contribution in [2.24, 2.45) is 0 Å². The van der Waals surface area contributed by atoms with Crippen LogP contribution in [0.3, 0.4) is 0 Å². The monoisotopic (exact) mass is 418 g/mol. The van der Waals surface area contributed by atoms with E-state index in [9.17, 15) is 4.79 Å². The Morgan fingerprint density at radius 1 is 1.06 bits per heavy atom. The fraction of sp³-hybridized carbons (Fsp3) is 0.444. The highest BCUT2D eigenvalue weighted by Gasteiger charge is 2.37. The van der Waals surface area contributed by atoms with Gasteiger partial charge in [0, 0.05) is 44.5 Å². The fourth-order valence-electron chi connectivity index (χ4n) is 4.46. The highest BCUT2D eigenvalue weighted by molar-refractivity contribution is 5.76. The molecule has 1 saturated heterocycles. The van der Waals surface area contributed by atoms with E-state index in [2.05, 4.69) is 73.5 Å². The molecule has 2 aliphatic rings. The minimum absolute atomic E-state index is 0.269. The van der Waals surface area contributed by atoms with E-state index in [1.54, 1.807) is 0 Å². The first kappa shape index (κ1) is 21.6. The molecule has 4 rings (SSSR count). The summed E-state index contributed by atoms with van der Waals surface area (Å²) >= 11 is 0. The number of likely N-dealkylation sites (tertiary alicyclic amines) is 1. The summed E-state index contributed by atoms with van der Waals surface area (Å²) in [7, 11) is 2.11. The third-order valence-corrected chi connectivity index (χ3v) is 6.56. The predicted octanol–water partition coefficient (Wildman–Crippen LogP) is 5.24. The number of piperidine rings is 1. The summed E-state index contributed by atoms with van der Waals surface area (Å²) in [5.41, 5.74) is 3.26. The first-order valence-electron chi connectivity index (χ1n) is 11.6. The second kappa shape index (κ2) is 9.69. The maximum absolute atomic E-state index is 12.7. The fourth-order valence-corrected chi connectivity index (χ4v) is 4.46. The van der Waals surface area contributed by atoms with Gasteiger partial charge in [0.15, 0.2) is 0 Å². The molecule has 0 saturated carbocycles. The lowest BCUT2D eigenvalue weighted by Gasteiger charge is -2.42. The van der Waals surface area contributed by atoms with Gasteiger partial charge in [-0.25, -0.2) is 0 Å². The Morgan fingerprint density at radius 3 is 2.58 bits per heavy atom. The Kier molecular flexibility index (Phi) is 6.77. The number of nitrogens with zero attached hydrogens (tertiary/aromatic N) is 2. The van der Waals surface area contributed by atoms with Gasteiger partial charge in [-0.05, 0) is 49.3 Å². The molecule has 2 aliphatic heterocycles.